The zero-order chi connectivity index (χ0) is 16.1. The van der Waals surface area contributed by atoms with Crippen LogP contribution in [0.15, 0.2) is 6.20 Å². The van der Waals surface area contributed by atoms with Gasteiger partial charge >= 0.3 is 0 Å². The molecule has 23 heavy (non-hydrogen) atoms. The average molecular weight is 320 g/mol. The van der Waals surface area contributed by atoms with Gasteiger partial charge < -0.3 is 9.64 Å². The zero-order valence-electron chi connectivity index (χ0n) is 14.1. The maximum atomic E-state index is 12.5. The topological polar surface area (TPSA) is 60.2 Å². The minimum absolute atomic E-state index is 0.00696. The van der Waals surface area contributed by atoms with Gasteiger partial charge in [0.25, 0.3) is 5.91 Å². The summed E-state index contributed by atoms with van der Waals surface area (Å²) in [5.41, 5.74) is 0.478. The Morgan fingerprint density at radius 1 is 1.26 bits per heavy atom. The molecule has 0 N–H and O–H groups in total. The van der Waals surface area contributed by atoms with Crippen LogP contribution in [0.4, 0.5) is 0 Å². The highest BCUT2D eigenvalue weighted by atomic mass is 16.5. The molecule has 6 nitrogen and oxygen atoms in total. The lowest BCUT2D eigenvalue weighted by Gasteiger charge is -2.20. The van der Waals surface area contributed by atoms with Crippen LogP contribution in [0.3, 0.4) is 0 Å². The summed E-state index contributed by atoms with van der Waals surface area (Å²) in [5.74, 6) is 1.28. The molecule has 1 aliphatic heterocycles. The van der Waals surface area contributed by atoms with Gasteiger partial charge in [-0.2, -0.15) is 0 Å². The van der Waals surface area contributed by atoms with Crippen LogP contribution in [0.25, 0.3) is 0 Å². The van der Waals surface area contributed by atoms with E-state index in [-0.39, 0.29) is 5.91 Å². The zero-order valence-corrected chi connectivity index (χ0v) is 14.1. The fourth-order valence-electron chi connectivity index (χ4n) is 3.85. The van der Waals surface area contributed by atoms with E-state index in [1.807, 2.05) is 15.8 Å². The van der Waals surface area contributed by atoms with Gasteiger partial charge in [-0.05, 0) is 18.8 Å². The molecule has 1 aromatic rings. The number of ether oxygens (including phenoxy) is 1. The van der Waals surface area contributed by atoms with E-state index in [1.54, 1.807) is 7.11 Å². The van der Waals surface area contributed by atoms with Crippen LogP contribution < -0.4 is 0 Å². The number of nitrogens with zero attached hydrogens (tertiary/aromatic N) is 4. The Morgan fingerprint density at radius 2 is 2.09 bits per heavy atom. The number of carbonyl (C=O) groups excluding carboxylic acids is 1. The van der Waals surface area contributed by atoms with E-state index in [2.05, 4.69) is 10.3 Å². The van der Waals surface area contributed by atoms with Crippen molar-refractivity contribution in [2.24, 2.45) is 11.8 Å². The number of hydrogen-bond donors (Lipinski definition) is 0. The number of aryl methyl sites for hydroxylation is 1. The molecular weight excluding hydrogens is 292 g/mol. The van der Waals surface area contributed by atoms with Gasteiger partial charge in [-0.3, -0.25) is 9.48 Å². The number of likely N-dealkylation sites (tertiary alicyclic amines) is 1. The van der Waals surface area contributed by atoms with Crippen molar-refractivity contribution < 1.29 is 9.53 Å². The summed E-state index contributed by atoms with van der Waals surface area (Å²) in [5, 5.41) is 8.23. The van der Waals surface area contributed by atoms with Gasteiger partial charge in [-0.1, -0.05) is 37.3 Å². The van der Waals surface area contributed by atoms with E-state index in [4.69, 9.17) is 4.74 Å². The number of rotatable bonds is 6. The van der Waals surface area contributed by atoms with Crippen molar-refractivity contribution in [3.8, 4) is 0 Å². The van der Waals surface area contributed by atoms with Crippen molar-refractivity contribution in [3.05, 3.63) is 11.9 Å². The fraction of sp³-hybridized carbons (Fsp3) is 0.824. The largest absolute Gasteiger partial charge is 0.384 e. The average Bonchev–Trinajstić information content (AvgIpc) is 3.23. The van der Waals surface area contributed by atoms with E-state index in [0.29, 0.717) is 11.6 Å². The van der Waals surface area contributed by atoms with Crippen molar-refractivity contribution in [1.29, 1.82) is 0 Å². The second-order valence-electron chi connectivity index (χ2n) is 7.02. The highest BCUT2D eigenvalue weighted by molar-refractivity contribution is 5.92. The Labute approximate surface area is 138 Å². The molecule has 3 rings (SSSR count). The predicted molar refractivity (Wildman–Crippen MR) is 87.1 cm³/mol. The molecule has 1 aliphatic carbocycles. The molecule has 0 aromatic carbocycles. The van der Waals surface area contributed by atoms with Gasteiger partial charge in [0.2, 0.25) is 0 Å². The molecule has 6 heteroatoms. The fourth-order valence-corrected chi connectivity index (χ4v) is 3.85. The standard InChI is InChI=1S/C17H28N4O2/c1-23-13-15-7-9-20(11-15)17(22)16-12-21(19-18-16)10-8-14-5-3-2-4-6-14/h12,14-15H,2-11,13H2,1H3. The first-order chi connectivity index (χ1) is 11.3. The maximum Gasteiger partial charge on any atom is 0.276 e. The van der Waals surface area contributed by atoms with E-state index in [9.17, 15) is 4.79 Å². The number of carbonyl (C=O) groups is 1. The summed E-state index contributed by atoms with van der Waals surface area (Å²) in [7, 11) is 1.71. The summed E-state index contributed by atoms with van der Waals surface area (Å²) in [4.78, 5) is 14.4. The predicted octanol–water partition coefficient (Wildman–Crippen LogP) is 2.36. The lowest BCUT2D eigenvalue weighted by molar-refractivity contribution is 0.0769. The van der Waals surface area contributed by atoms with Gasteiger partial charge in [-0.15, -0.1) is 5.10 Å². The minimum Gasteiger partial charge on any atom is -0.384 e. The van der Waals surface area contributed by atoms with Gasteiger partial charge in [0.1, 0.15) is 0 Å². The molecule has 128 valence electrons. The smallest absolute Gasteiger partial charge is 0.276 e. The number of methoxy groups -OCH3 is 1. The molecule has 1 saturated heterocycles. The molecule has 2 aliphatic rings. The Hall–Kier alpha value is -1.43. The molecular formula is C17H28N4O2. The molecule has 0 radical (unpaired) electrons. The highest BCUT2D eigenvalue weighted by Crippen LogP contribution is 2.26. The molecule has 1 atom stereocenters. The molecule has 0 bridgehead atoms. The Kier molecular flexibility index (Phi) is 5.65. The van der Waals surface area contributed by atoms with E-state index >= 15 is 0 Å². The molecule has 1 aromatic heterocycles. The molecule has 1 unspecified atom stereocenters. The van der Waals surface area contributed by atoms with Gasteiger partial charge in [0, 0.05) is 32.7 Å². The van der Waals surface area contributed by atoms with Crippen molar-refractivity contribution >= 4 is 5.91 Å². The number of amides is 1. The number of aromatic nitrogens is 3. The highest BCUT2D eigenvalue weighted by Gasteiger charge is 2.28. The Bertz CT molecular complexity index is 510. The second-order valence-corrected chi connectivity index (χ2v) is 7.02. The maximum absolute atomic E-state index is 12.5. The third-order valence-corrected chi connectivity index (χ3v) is 5.22. The van der Waals surface area contributed by atoms with Crippen LogP contribution in [0, 0.1) is 11.8 Å². The van der Waals surface area contributed by atoms with Crippen LogP contribution in [-0.4, -0.2) is 52.6 Å². The van der Waals surface area contributed by atoms with Gasteiger partial charge in [0.05, 0.1) is 12.8 Å². The van der Waals surface area contributed by atoms with E-state index in [1.165, 1.54) is 32.1 Å². The lowest BCUT2D eigenvalue weighted by atomic mass is 9.87. The van der Waals surface area contributed by atoms with Crippen molar-refractivity contribution in [2.45, 2.75) is 51.5 Å². The van der Waals surface area contributed by atoms with E-state index < -0.39 is 0 Å². The summed E-state index contributed by atoms with van der Waals surface area (Å²) in [6, 6.07) is 0. The third kappa shape index (κ3) is 4.31. The summed E-state index contributed by atoms with van der Waals surface area (Å²) in [6.45, 7) is 3.15. The minimum atomic E-state index is 0.00696. The lowest BCUT2D eigenvalue weighted by Crippen LogP contribution is -2.29. The van der Waals surface area contributed by atoms with Crippen LogP contribution >= 0.6 is 0 Å². The van der Waals surface area contributed by atoms with Crippen molar-refractivity contribution in [3.63, 3.8) is 0 Å². The molecule has 2 heterocycles. The Balaban J connectivity index is 1.49. The van der Waals surface area contributed by atoms with E-state index in [0.717, 1.165) is 45.0 Å². The first-order valence-electron chi connectivity index (χ1n) is 8.94. The summed E-state index contributed by atoms with van der Waals surface area (Å²) >= 11 is 0. The van der Waals surface area contributed by atoms with Crippen molar-refractivity contribution in [1.82, 2.24) is 19.9 Å². The number of hydrogen-bond acceptors (Lipinski definition) is 4. The van der Waals surface area contributed by atoms with Crippen LogP contribution in [0.1, 0.15) is 55.4 Å². The van der Waals surface area contributed by atoms with Crippen LogP contribution in [0.5, 0.6) is 0 Å². The van der Waals surface area contributed by atoms with Gasteiger partial charge in [0.15, 0.2) is 5.69 Å². The quantitative estimate of drug-likeness (QED) is 0.807. The third-order valence-electron chi connectivity index (χ3n) is 5.22. The summed E-state index contributed by atoms with van der Waals surface area (Å²) < 4.78 is 7.02. The molecule has 0 spiro atoms. The van der Waals surface area contributed by atoms with Crippen LogP contribution in [0.2, 0.25) is 0 Å². The molecule has 1 amide bonds. The Morgan fingerprint density at radius 3 is 2.87 bits per heavy atom. The normalized spacial score (nSPS) is 22.7. The molecule has 2 fully saturated rings. The van der Waals surface area contributed by atoms with Crippen molar-refractivity contribution in [2.75, 3.05) is 26.8 Å². The second kappa shape index (κ2) is 7.90. The first-order valence-corrected chi connectivity index (χ1v) is 8.94. The molecule has 1 saturated carbocycles. The monoisotopic (exact) mass is 320 g/mol. The van der Waals surface area contributed by atoms with Gasteiger partial charge in [-0.25, -0.2) is 0 Å². The summed E-state index contributed by atoms with van der Waals surface area (Å²) in [6.07, 6.45) is 10.8. The SMILES string of the molecule is COCC1CCN(C(=O)c2cn(CCC3CCCCC3)nn2)C1. The first kappa shape index (κ1) is 16.4. The van der Waals surface area contributed by atoms with Crippen LogP contribution in [-0.2, 0) is 11.3 Å².